The quantitative estimate of drug-likeness (QED) is 0.132. The highest BCUT2D eigenvalue weighted by Crippen LogP contribution is 2.38. The molecule has 232 valence electrons. The van der Waals surface area contributed by atoms with E-state index in [4.69, 9.17) is 24.3 Å². The minimum Gasteiger partial charge on any atom is -0.494 e. The molecule has 5 rings (SSSR count). The summed E-state index contributed by atoms with van der Waals surface area (Å²) in [5.41, 5.74) is 6.12. The maximum Gasteiger partial charge on any atom is 0.282 e. The molecule has 0 aliphatic carbocycles. The zero-order valence-corrected chi connectivity index (χ0v) is 28.1. The van der Waals surface area contributed by atoms with Gasteiger partial charge in [-0.25, -0.2) is 4.98 Å². The summed E-state index contributed by atoms with van der Waals surface area (Å²) in [6, 6.07) is 23.4. The highest BCUT2D eigenvalue weighted by molar-refractivity contribution is 9.10. The van der Waals surface area contributed by atoms with E-state index in [2.05, 4.69) is 54.9 Å². The van der Waals surface area contributed by atoms with Gasteiger partial charge in [-0.05, 0) is 108 Å². The standard InChI is InChI=1S/C37H38BrN3O4/c1-7-43-33-17-25(6)30(20-29(33)23(3)4)36-40-32-15-10-9-14-28(32)37(42)41(36)39-21-27-18-31(38)35(34(19-27)44-8-2)45-22-26-13-11-12-24(5)16-26/h9-21,23H,7-8,22H2,1-6H3. The third kappa shape index (κ3) is 7.12. The van der Waals surface area contributed by atoms with Gasteiger partial charge in [0.2, 0.25) is 0 Å². The van der Waals surface area contributed by atoms with Gasteiger partial charge in [0.05, 0.1) is 34.8 Å². The van der Waals surface area contributed by atoms with Crippen molar-refractivity contribution in [2.75, 3.05) is 13.2 Å². The molecule has 0 bridgehead atoms. The molecule has 0 saturated carbocycles. The molecule has 45 heavy (non-hydrogen) atoms. The van der Waals surface area contributed by atoms with Crippen LogP contribution < -0.4 is 19.8 Å². The summed E-state index contributed by atoms with van der Waals surface area (Å²) in [4.78, 5) is 18.9. The first-order valence-corrected chi connectivity index (χ1v) is 16.0. The van der Waals surface area contributed by atoms with Crippen molar-refractivity contribution < 1.29 is 14.2 Å². The summed E-state index contributed by atoms with van der Waals surface area (Å²) in [5.74, 6) is 2.68. The van der Waals surface area contributed by atoms with E-state index < -0.39 is 0 Å². The lowest BCUT2D eigenvalue weighted by atomic mass is 9.96. The number of aryl methyl sites for hydroxylation is 2. The van der Waals surface area contributed by atoms with Gasteiger partial charge < -0.3 is 14.2 Å². The molecule has 0 unspecified atom stereocenters. The lowest BCUT2D eigenvalue weighted by Crippen LogP contribution is -2.21. The molecule has 0 radical (unpaired) electrons. The fraction of sp³-hybridized carbons (Fsp3) is 0.270. The van der Waals surface area contributed by atoms with Crippen molar-refractivity contribution in [3.05, 3.63) is 115 Å². The molecule has 0 N–H and O–H groups in total. The molecule has 0 fully saturated rings. The number of aromatic nitrogens is 2. The van der Waals surface area contributed by atoms with Gasteiger partial charge in [-0.15, -0.1) is 0 Å². The topological polar surface area (TPSA) is 74.9 Å². The minimum atomic E-state index is -0.256. The van der Waals surface area contributed by atoms with Gasteiger partial charge in [0.15, 0.2) is 17.3 Å². The van der Waals surface area contributed by atoms with E-state index in [0.29, 0.717) is 48.0 Å². The first-order chi connectivity index (χ1) is 21.7. The molecular formula is C37H38BrN3O4. The van der Waals surface area contributed by atoms with Gasteiger partial charge >= 0.3 is 0 Å². The zero-order chi connectivity index (χ0) is 32.1. The number of hydrogen-bond acceptors (Lipinski definition) is 6. The van der Waals surface area contributed by atoms with Crippen LogP contribution in [0.25, 0.3) is 22.3 Å². The van der Waals surface area contributed by atoms with Crippen molar-refractivity contribution in [3.8, 4) is 28.6 Å². The van der Waals surface area contributed by atoms with Crippen LogP contribution in [0.2, 0.25) is 0 Å². The van der Waals surface area contributed by atoms with Crippen molar-refractivity contribution in [2.45, 2.75) is 54.1 Å². The molecule has 0 atom stereocenters. The Bertz CT molecular complexity index is 1930. The van der Waals surface area contributed by atoms with Crippen molar-refractivity contribution >= 4 is 33.0 Å². The molecule has 4 aromatic carbocycles. The maximum atomic E-state index is 13.9. The summed E-state index contributed by atoms with van der Waals surface area (Å²) in [6.07, 6.45) is 1.65. The fourth-order valence-electron chi connectivity index (χ4n) is 5.22. The average molecular weight is 669 g/mol. The van der Waals surface area contributed by atoms with Crippen LogP contribution in [0.4, 0.5) is 0 Å². The van der Waals surface area contributed by atoms with Crippen LogP contribution in [0.5, 0.6) is 17.2 Å². The Morgan fingerprint density at radius 3 is 2.40 bits per heavy atom. The maximum absolute atomic E-state index is 13.9. The Morgan fingerprint density at radius 1 is 0.911 bits per heavy atom. The summed E-state index contributed by atoms with van der Waals surface area (Å²) < 4.78 is 20.2. The predicted molar refractivity (Wildman–Crippen MR) is 185 cm³/mol. The zero-order valence-electron chi connectivity index (χ0n) is 26.6. The number of fused-ring (bicyclic) bond motifs is 1. The highest BCUT2D eigenvalue weighted by Gasteiger charge is 2.19. The van der Waals surface area contributed by atoms with Gasteiger partial charge in [-0.3, -0.25) is 4.79 Å². The molecule has 1 heterocycles. The van der Waals surface area contributed by atoms with E-state index in [1.54, 1.807) is 12.3 Å². The SMILES string of the molecule is CCOc1cc(C)c(-c2nc3ccccc3c(=O)n2N=Cc2cc(Br)c(OCc3cccc(C)c3)c(OCC)c2)cc1C(C)C. The lowest BCUT2D eigenvalue weighted by molar-refractivity contribution is 0.267. The van der Waals surface area contributed by atoms with E-state index in [9.17, 15) is 4.79 Å². The second-order valence-corrected chi connectivity index (χ2v) is 12.0. The van der Waals surface area contributed by atoms with Gasteiger partial charge in [0.25, 0.3) is 5.56 Å². The molecule has 8 heteroatoms. The Morgan fingerprint density at radius 2 is 1.67 bits per heavy atom. The van der Waals surface area contributed by atoms with Crippen molar-refractivity contribution in [2.24, 2.45) is 5.10 Å². The van der Waals surface area contributed by atoms with Crippen molar-refractivity contribution in [3.63, 3.8) is 0 Å². The Kier molecular flexibility index (Phi) is 10.0. The number of benzene rings is 4. The second-order valence-electron chi connectivity index (χ2n) is 11.1. The van der Waals surface area contributed by atoms with Gasteiger partial charge in [0, 0.05) is 5.56 Å². The van der Waals surface area contributed by atoms with E-state index >= 15 is 0 Å². The number of para-hydroxylation sites is 1. The van der Waals surface area contributed by atoms with Crippen molar-refractivity contribution in [1.29, 1.82) is 0 Å². The molecule has 0 aliphatic rings. The summed E-state index contributed by atoms with van der Waals surface area (Å²) in [6.45, 7) is 13.6. The molecular weight excluding hydrogens is 630 g/mol. The molecule has 1 aromatic heterocycles. The van der Waals surface area contributed by atoms with E-state index in [0.717, 1.165) is 38.0 Å². The monoisotopic (exact) mass is 667 g/mol. The van der Waals surface area contributed by atoms with Crippen LogP contribution in [0.3, 0.4) is 0 Å². The Balaban J connectivity index is 1.60. The van der Waals surface area contributed by atoms with Crippen LogP contribution in [0.15, 0.2) is 87.2 Å². The first kappa shape index (κ1) is 32.0. The molecule has 0 amide bonds. The number of ether oxygens (including phenoxy) is 3. The lowest BCUT2D eigenvalue weighted by Gasteiger charge is -2.18. The highest BCUT2D eigenvalue weighted by atomic mass is 79.9. The molecule has 0 spiro atoms. The van der Waals surface area contributed by atoms with Crippen molar-refractivity contribution in [1.82, 2.24) is 9.66 Å². The summed E-state index contributed by atoms with van der Waals surface area (Å²) in [7, 11) is 0. The van der Waals surface area contributed by atoms with Gasteiger partial charge in [-0.2, -0.15) is 9.78 Å². The molecule has 0 saturated heterocycles. The first-order valence-electron chi connectivity index (χ1n) is 15.2. The van der Waals surface area contributed by atoms with Gasteiger partial charge in [0.1, 0.15) is 12.4 Å². The summed E-state index contributed by atoms with van der Waals surface area (Å²) in [5, 5.41) is 5.21. The van der Waals surface area contributed by atoms with Crippen LogP contribution >= 0.6 is 15.9 Å². The Hall–Kier alpha value is -4.43. The average Bonchev–Trinajstić information content (AvgIpc) is 3.00. The fourth-order valence-corrected chi connectivity index (χ4v) is 5.80. The minimum absolute atomic E-state index is 0.205. The second kappa shape index (κ2) is 14.1. The van der Waals surface area contributed by atoms with Crippen LogP contribution in [-0.2, 0) is 6.61 Å². The molecule has 5 aromatic rings. The number of hydrogen-bond donors (Lipinski definition) is 0. The predicted octanol–water partition coefficient (Wildman–Crippen LogP) is 8.82. The van der Waals surface area contributed by atoms with Crippen LogP contribution in [-0.4, -0.2) is 29.1 Å². The largest absolute Gasteiger partial charge is 0.494 e. The molecule has 0 aliphatic heterocycles. The van der Waals surface area contributed by atoms with E-state index in [1.807, 2.05) is 69.3 Å². The van der Waals surface area contributed by atoms with Crippen LogP contribution in [0.1, 0.15) is 61.4 Å². The van der Waals surface area contributed by atoms with Gasteiger partial charge in [-0.1, -0.05) is 55.8 Å². The van der Waals surface area contributed by atoms with E-state index in [1.165, 1.54) is 10.2 Å². The normalized spacial score (nSPS) is 11.5. The number of nitrogens with zero attached hydrogens (tertiary/aromatic N) is 3. The third-order valence-electron chi connectivity index (χ3n) is 7.39. The van der Waals surface area contributed by atoms with Crippen LogP contribution in [0, 0.1) is 13.8 Å². The number of halogens is 1. The number of rotatable bonds is 11. The third-order valence-corrected chi connectivity index (χ3v) is 7.98. The molecule has 7 nitrogen and oxygen atoms in total. The Labute approximate surface area is 272 Å². The summed E-state index contributed by atoms with van der Waals surface area (Å²) >= 11 is 3.67. The smallest absolute Gasteiger partial charge is 0.282 e. The van der Waals surface area contributed by atoms with E-state index in [-0.39, 0.29) is 11.5 Å².